The van der Waals surface area contributed by atoms with Gasteiger partial charge in [-0.2, -0.15) is 0 Å². The van der Waals surface area contributed by atoms with Gasteiger partial charge in [0, 0.05) is 0 Å². The Labute approximate surface area is 75.7 Å². The van der Waals surface area contributed by atoms with Crippen LogP contribution in [-0.4, -0.2) is 6.54 Å². The van der Waals surface area contributed by atoms with Crippen LogP contribution in [0.2, 0.25) is 0 Å². The van der Waals surface area contributed by atoms with Crippen LogP contribution in [0.1, 0.15) is 19.8 Å². The molecule has 12 heavy (non-hydrogen) atoms. The fourth-order valence-electron chi connectivity index (χ4n) is 1.31. The van der Waals surface area contributed by atoms with Crippen molar-refractivity contribution in [3.63, 3.8) is 0 Å². The standard InChI is InChI=1S/C11H19N/c1-4-7-10(5-2)11(6-3)8-9-12/h4-5,7,11H,1-2,6,8-9,12H2,3H3/b10-7+/t11-/m1/s1. The molecule has 0 aromatic rings. The summed E-state index contributed by atoms with van der Waals surface area (Å²) >= 11 is 0. The molecule has 0 aromatic heterocycles. The van der Waals surface area contributed by atoms with Crippen LogP contribution in [0.5, 0.6) is 0 Å². The lowest BCUT2D eigenvalue weighted by molar-refractivity contribution is 0.561. The van der Waals surface area contributed by atoms with Gasteiger partial charge in [-0.15, -0.1) is 0 Å². The molecule has 68 valence electrons. The lowest BCUT2D eigenvalue weighted by Gasteiger charge is -2.14. The second-order valence-corrected chi connectivity index (χ2v) is 2.79. The van der Waals surface area contributed by atoms with Gasteiger partial charge in [-0.1, -0.05) is 38.3 Å². The Morgan fingerprint density at radius 3 is 2.50 bits per heavy atom. The first kappa shape index (κ1) is 11.2. The quantitative estimate of drug-likeness (QED) is 0.602. The van der Waals surface area contributed by atoms with Gasteiger partial charge in [0.05, 0.1) is 0 Å². The maximum Gasteiger partial charge on any atom is -0.00714 e. The number of allylic oxidation sites excluding steroid dienone is 4. The highest BCUT2D eigenvalue weighted by Crippen LogP contribution is 2.19. The van der Waals surface area contributed by atoms with E-state index in [4.69, 9.17) is 5.73 Å². The molecule has 2 N–H and O–H groups in total. The molecule has 0 radical (unpaired) electrons. The molecular formula is C11H19N. The van der Waals surface area contributed by atoms with Crippen molar-refractivity contribution in [2.75, 3.05) is 6.54 Å². The van der Waals surface area contributed by atoms with Gasteiger partial charge in [-0.3, -0.25) is 0 Å². The average Bonchev–Trinajstić information content (AvgIpc) is 2.11. The largest absolute Gasteiger partial charge is 0.330 e. The van der Waals surface area contributed by atoms with Crippen molar-refractivity contribution in [2.24, 2.45) is 11.7 Å². The highest BCUT2D eigenvalue weighted by molar-refractivity contribution is 5.23. The second-order valence-electron chi connectivity index (χ2n) is 2.79. The third-order valence-corrected chi connectivity index (χ3v) is 2.03. The molecule has 0 aliphatic carbocycles. The molecule has 1 atom stereocenters. The van der Waals surface area contributed by atoms with Crippen molar-refractivity contribution < 1.29 is 0 Å². The Hall–Kier alpha value is -0.820. The van der Waals surface area contributed by atoms with Crippen LogP contribution in [0.25, 0.3) is 0 Å². The van der Waals surface area contributed by atoms with Crippen molar-refractivity contribution in [3.05, 3.63) is 37.0 Å². The predicted molar refractivity (Wildman–Crippen MR) is 55.9 cm³/mol. The zero-order valence-corrected chi connectivity index (χ0v) is 7.92. The predicted octanol–water partition coefficient (Wildman–Crippen LogP) is 2.66. The summed E-state index contributed by atoms with van der Waals surface area (Å²) in [4.78, 5) is 0. The summed E-state index contributed by atoms with van der Waals surface area (Å²) in [6, 6.07) is 0. The van der Waals surface area contributed by atoms with E-state index in [0.29, 0.717) is 5.92 Å². The maximum atomic E-state index is 5.51. The van der Waals surface area contributed by atoms with Gasteiger partial charge in [0.25, 0.3) is 0 Å². The van der Waals surface area contributed by atoms with E-state index in [-0.39, 0.29) is 0 Å². The molecule has 1 heteroatoms. The first-order valence-electron chi connectivity index (χ1n) is 4.45. The zero-order valence-electron chi connectivity index (χ0n) is 7.92. The molecule has 0 spiro atoms. The Balaban J connectivity index is 4.31. The van der Waals surface area contributed by atoms with E-state index >= 15 is 0 Å². The van der Waals surface area contributed by atoms with E-state index in [9.17, 15) is 0 Å². The third kappa shape index (κ3) is 3.54. The minimum Gasteiger partial charge on any atom is -0.330 e. The van der Waals surface area contributed by atoms with E-state index in [0.717, 1.165) is 19.4 Å². The van der Waals surface area contributed by atoms with Crippen LogP contribution in [0, 0.1) is 5.92 Å². The number of nitrogens with two attached hydrogens (primary N) is 1. The minimum atomic E-state index is 0.547. The first-order chi connectivity index (χ1) is 5.79. The van der Waals surface area contributed by atoms with Crippen molar-refractivity contribution in [1.29, 1.82) is 0 Å². The van der Waals surface area contributed by atoms with Crippen LogP contribution in [-0.2, 0) is 0 Å². The Morgan fingerprint density at radius 2 is 2.17 bits per heavy atom. The Bertz CT molecular complexity index is 168. The summed E-state index contributed by atoms with van der Waals surface area (Å²) in [7, 11) is 0. The van der Waals surface area contributed by atoms with Crippen molar-refractivity contribution in [3.8, 4) is 0 Å². The highest BCUT2D eigenvalue weighted by atomic mass is 14.5. The summed E-state index contributed by atoms with van der Waals surface area (Å²) in [5.41, 5.74) is 6.75. The monoisotopic (exact) mass is 165 g/mol. The molecule has 0 fully saturated rings. The van der Waals surface area contributed by atoms with E-state index < -0.39 is 0 Å². The van der Waals surface area contributed by atoms with Crippen molar-refractivity contribution in [1.82, 2.24) is 0 Å². The Kier molecular flexibility index (Phi) is 6.39. The molecule has 0 saturated heterocycles. The molecule has 0 bridgehead atoms. The molecule has 1 nitrogen and oxygen atoms in total. The summed E-state index contributed by atoms with van der Waals surface area (Å²) in [5.74, 6) is 0.547. The van der Waals surface area contributed by atoms with Gasteiger partial charge >= 0.3 is 0 Å². The number of hydrogen-bond acceptors (Lipinski definition) is 1. The number of hydrogen-bond donors (Lipinski definition) is 1. The zero-order chi connectivity index (χ0) is 9.40. The normalized spacial score (nSPS) is 14.0. The fourth-order valence-corrected chi connectivity index (χ4v) is 1.31. The fraction of sp³-hybridized carbons (Fsp3) is 0.455. The lowest BCUT2D eigenvalue weighted by Crippen LogP contribution is -2.09. The van der Waals surface area contributed by atoms with E-state index in [1.165, 1.54) is 5.57 Å². The summed E-state index contributed by atoms with van der Waals surface area (Å²) in [5, 5.41) is 0. The molecular weight excluding hydrogens is 146 g/mol. The third-order valence-electron chi connectivity index (χ3n) is 2.03. The Morgan fingerprint density at radius 1 is 1.50 bits per heavy atom. The molecule has 0 aromatic carbocycles. The summed E-state index contributed by atoms with van der Waals surface area (Å²) in [6.07, 6.45) is 7.85. The van der Waals surface area contributed by atoms with Crippen LogP contribution in [0.15, 0.2) is 37.0 Å². The molecule has 0 rings (SSSR count). The van der Waals surface area contributed by atoms with E-state index in [1.54, 1.807) is 6.08 Å². The highest BCUT2D eigenvalue weighted by Gasteiger charge is 2.06. The van der Waals surface area contributed by atoms with Gasteiger partial charge in [0.2, 0.25) is 0 Å². The van der Waals surface area contributed by atoms with Gasteiger partial charge in [0.1, 0.15) is 0 Å². The average molecular weight is 165 g/mol. The first-order valence-corrected chi connectivity index (χ1v) is 4.45. The van der Waals surface area contributed by atoms with E-state index in [2.05, 4.69) is 20.1 Å². The van der Waals surface area contributed by atoms with Crippen molar-refractivity contribution >= 4 is 0 Å². The molecule has 0 saturated carbocycles. The van der Waals surface area contributed by atoms with Gasteiger partial charge < -0.3 is 5.73 Å². The molecule has 0 unspecified atom stereocenters. The van der Waals surface area contributed by atoms with Crippen molar-refractivity contribution in [2.45, 2.75) is 19.8 Å². The van der Waals surface area contributed by atoms with Crippen LogP contribution in [0.3, 0.4) is 0 Å². The molecule has 0 aliphatic heterocycles. The topological polar surface area (TPSA) is 26.0 Å². The van der Waals surface area contributed by atoms with Gasteiger partial charge in [-0.25, -0.2) is 0 Å². The molecule has 0 heterocycles. The molecule has 0 amide bonds. The van der Waals surface area contributed by atoms with Gasteiger partial charge in [-0.05, 0) is 30.9 Å². The van der Waals surface area contributed by atoms with Crippen LogP contribution < -0.4 is 5.73 Å². The number of rotatable bonds is 6. The second kappa shape index (κ2) is 6.86. The van der Waals surface area contributed by atoms with Crippen LogP contribution >= 0.6 is 0 Å². The SMILES string of the molecule is C=C/C=C(\C=C)[C@H](CC)CCN. The van der Waals surface area contributed by atoms with E-state index in [1.807, 2.05) is 12.2 Å². The molecule has 0 aliphatic rings. The maximum absolute atomic E-state index is 5.51. The lowest BCUT2D eigenvalue weighted by atomic mass is 9.92. The smallest absolute Gasteiger partial charge is 0.00714 e. The summed E-state index contributed by atoms with van der Waals surface area (Å²) < 4.78 is 0. The summed E-state index contributed by atoms with van der Waals surface area (Å²) in [6.45, 7) is 10.3. The van der Waals surface area contributed by atoms with Gasteiger partial charge in [0.15, 0.2) is 0 Å². The minimum absolute atomic E-state index is 0.547. The van der Waals surface area contributed by atoms with Crippen LogP contribution in [0.4, 0.5) is 0 Å².